The van der Waals surface area contributed by atoms with Crippen molar-refractivity contribution < 1.29 is 9.90 Å². The van der Waals surface area contributed by atoms with E-state index in [1.54, 1.807) is 0 Å². The van der Waals surface area contributed by atoms with Gasteiger partial charge in [-0.2, -0.15) is 0 Å². The van der Waals surface area contributed by atoms with Crippen molar-refractivity contribution in [3.8, 4) is 0 Å². The number of carbonyl (C=O) groups is 1. The summed E-state index contributed by atoms with van der Waals surface area (Å²) in [7, 11) is 2.14. The first-order valence-corrected chi connectivity index (χ1v) is 5.01. The Morgan fingerprint density at radius 3 is 2.85 bits per heavy atom. The first kappa shape index (κ1) is 10.5. The molecule has 76 valence electrons. The first-order valence-electron chi connectivity index (χ1n) is 5.01. The second kappa shape index (κ2) is 4.61. The summed E-state index contributed by atoms with van der Waals surface area (Å²) < 4.78 is 0. The summed E-state index contributed by atoms with van der Waals surface area (Å²) in [6.07, 6.45) is 3.51. The van der Waals surface area contributed by atoms with E-state index in [1.165, 1.54) is 0 Å². The van der Waals surface area contributed by atoms with Crippen molar-refractivity contribution in [2.24, 2.45) is 5.92 Å². The van der Waals surface area contributed by atoms with Gasteiger partial charge in [-0.15, -0.1) is 0 Å². The average molecular weight is 185 g/mol. The molecule has 0 aromatic rings. The number of carboxylic acid groups (broad SMARTS) is 1. The lowest BCUT2D eigenvalue weighted by Crippen LogP contribution is -2.37. The van der Waals surface area contributed by atoms with Crippen LogP contribution in [0.4, 0.5) is 0 Å². The normalized spacial score (nSPS) is 30.3. The van der Waals surface area contributed by atoms with Gasteiger partial charge in [0, 0.05) is 12.5 Å². The van der Waals surface area contributed by atoms with Crippen LogP contribution in [0.3, 0.4) is 0 Å². The van der Waals surface area contributed by atoms with Gasteiger partial charge in [-0.3, -0.25) is 4.79 Å². The molecule has 1 N–H and O–H groups in total. The van der Waals surface area contributed by atoms with Gasteiger partial charge in [0.05, 0.1) is 0 Å². The van der Waals surface area contributed by atoms with E-state index in [2.05, 4.69) is 18.9 Å². The smallest absolute Gasteiger partial charge is 0.303 e. The fourth-order valence-electron chi connectivity index (χ4n) is 1.98. The third-order valence-electron chi connectivity index (χ3n) is 3.08. The van der Waals surface area contributed by atoms with Crippen LogP contribution in [-0.2, 0) is 4.79 Å². The largest absolute Gasteiger partial charge is 0.481 e. The molecule has 0 aromatic heterocycles. The maximum absolute atomic E-state index is 10.4. The number of piperidine rings is 1. The van der Waals surface area contributed by atoms with E-state index < -0.39 is 5.97 Å². The lowest BCUT2D eigenvalue weighted by atomic mass is 9.88. The number of carboxylic acids is 1. The van der Waals surface area contributed by atoms with Crippen LogP contribution in [0.2, 0.25) is 0 Å². The molecule has 1 fully saturated rings. The van der Waals surface area contributed by atoms with Gasteiger partial charge < -0.3 is 10.0 Å². The van der Waals surface area contributed by atoms with E-state index in [0.717, 1.165) is 25.8 Å². The molecule has 0 aliphatic carbocycles. The second-order valence-corrected chi connectivity index (χ2v) is 4.15. The van der Waals surface area contributed by atoms with Gasteiger partial charge in [0.25, 0.3) is 0 Å². The molecule has 2 atom stereocenters. The minimum Gasteiger partial charge on any atom is -0.481 e. The highest BCUT2D eigenvalue weighted by molar-refractivity contribution is 5.66. The lowest BCUT2D eigenvalue weighted by molar-refractivity contribution is -0.137. The summed E-state index contributed by atoms with van der Waals surface area (Å²) in [6.45, 7) is 3.33. The molecule has 0 amide bonds. The number of aliphatic carboxylic acids is 1. The van der Waals surface area contributed by atoms with Crippen LogP contribution in [0.1, 0.15) is 32.6 Å². The van der Waals surface area contributed by atoms with Crippen molar-refractivity contribution >= 4 is 5.97 Å². The van der Waals surface area contributed by atoms with Gasteiger partial charge in [0.15, 0.2) is 0 Å². The van der Waals surface area contributed by atoms with E-state index in [9.17, 15) is 4.79 Å². The maximum Gasteiger partial charge on any atom is 0.303 e. The molecule has 13 heavy (non-hydrogen) atoms. The van der Waals surface area contributed by atoms with Crippen LogP contribution in [0.25, 0.3) is 0 Å². The molecule has 1 rings (SSSR count). The molecular weight excluding hydrogens is 166 g/mol. The van der Waals surface area contributed by atoms with E-state index in [4.69, 9.17) is 5.11 Å². The van der Waals surface area contributed by atoms with E-state index >= 15 is 0 Å². The highest BCUT2D eigenvalue weighted by Gasteiger charge is 2.22. The maximum atomic E-state index is 10.4. The number of nitrogens with zero attached hydrogens (tertiary/aromatic N) is 1. The molecule has 1 saturated heterocycles. The summed E-state index contributed by atoms with van der Waals surface area (Å²) in [6, 6.07) is 0.618. The zero-order chi connectivity index (χ0) is 9.84. The summed E-state index contributed by atoms with van der Waals surface area (Å²) in [5.74, 6) is -0.0334. The van der Waals surface area contributed by atoms with Gasteiger partial charge in [-0.05, 0) is 45.7 Å². The zero-order valence-electron chi connectivity index (χ0n) is 8.49. The average Bonchev–Trinajstić information content (AvgIpc) is 2.07. The van der Waals surface area contributed by atoms with Crippen LogP contribution < -0.4 is 0 Å². The molecule has 1 heterocycles. The summed E-state index contributed by atoms with van der Waals surface area (Å²) in [5, 5.41) is 8.55. The molecule has 1 aliphatic heterocycles. The highest BCUT2D eigenvalue weighted by Crippen LogP contribution is 2.25. The van der Waals surface area contributed by atoms with Crippen LogP contribution in [-0.4, -0.2) is 35.6 Å². The monoisotopic (exact) mass is 185 g/mol. The van der Waals surface area contributed by atoms with Crippen molar-refractivity contribution in [2.75, 3.05) is 13.6 Å². The molecule has 3 nitrogen and oxygen atoms in total. The van der Waals surface area contributed by atoms with Gasteiger partial charge in [0.2, 0.25) is 0 Å². The fraction of sp³-hybridized carbons (Fsp3) is 0.900. The predicted molar refractivity (Wildman–Crippen MR) is 51.7 cm³/mol. The number of hydrogen-bond donors (Lipinski definition) is 1. The Hall–Kier alpha value is -0.570. The Labute approximate surface area is 79.7 Å². The Morgan fingerprint density at radius 1 is 1.62 bits per heavy atom. The molecule has 0 saturated carbocycles. The van der Waals surface area contributed by atoms with Crippen LogP contribution in [0, 0.1) is 5.92 Å². The van der Waals surface area contributed by atoms with Crippen molar-refractivity contribution in [2.45, 2.75) is 38.6 Å². The van der Waals surface area contributed by atoms with Gasteiger partial charge >= 0.3 is 5.97 Å². The standard InChI is InChI=1S/C10H19NO2/c1-8-7-9(3-4-10(12)13)5-6-11(8)2/h8-9H,3-7H2,1-2H3,(H,12,13). The minimum atomic E-state index is -0.661. The van der Waals surface area contributed by atoms with Crippen molar-refractivity contribution in [3.05, 3.63) is 0 Å². The molecule has 3 heteroatoms. The summed E-state index contributed by atoms with van der Waals surface area (Å²) in [5.41, 5.74) is 0. The fourth-order valence-corrected chi connectivity index (χ4v) is 1.98. The van der Waals surface area contributed by atoms with E-state index in [-0.39, 0.29) is 0 Å². The number of hydrogen-bond acceptors (Lipinski definition) is 2. The summed E-state index contributed by atoms with van der Waals surface area (Å²) >= 11 is 0. The van der Waals surface area contributed by atoms with Crippen molar-refractivity contribution in [3.63, 3.8) is 0 Å². The number of likely N-dealkylation sites (tertiary alicyclic amines) is 1. The van der Waals surface area contributed by atoms with Crippen LogP contribution in [0.15, 0.2) is 0 Å². The van der Waals surface area contributed by atoms with Crippen molar-refractivity contribution in [1.82, 2.24) is 4.90 Å². The molecule has 2 unspecified atom stereocenters. The SMILES string of the molecule is CC1CC(CCC(=O)O)CCN1C. The third kappa shape index (κ3) is 3.35. The zero-order valence-corrected chi connectivity index (χ0v) is 8.49. The first-order chi connectivity index (χ1) is 6.09. The van der Waals surface area contributed by atoms with Gasteiger partial charge in [-0.25, -0.2) is 0 Å². The molecule has 1 aliphatic rings. The molecule has 0 aromatic carbocycles. The second-order valence-electron chi connectivity index (χ2n) is 4.15. The topological polar surface area (TPSA) is 40.5 Å². The third-order valence-corrected chi connectivity index (χ3v) is 3.08. The van der Waals surface area contributed by atoms with Crippen LogP contribution in [0.5, 0.6) is 0 Å². The van der Waals surface area contributed by atoms with E-state index in [1.807, 2.05) is 0 Å². The predicted octanol–water partition coefficient (Wildman–Crippen LogP) is 1.58. The van der Waals surface area contributed by atoms with E-state index in [0.29, 0.717) is 18.4 Å². The molecule has 0 radical (unpaired) electrons. The van der Waals surface area contributed by atoms with Gasteiger partial charge in [0.1, 0.15) is 0 Å². The molecular formula is C10H19NO2. The lowest BCUT2D eigenvalue weighted by Gasteiger charge is -2.34. The Kier molecular flexibility index (Phi) is 3.72. The summed E-state index contributed by atoms with van der Waals surface area (Å²) in [4.78, 5) is 12.7. The highest BCUT2D eigenvalue weighted by atomic mass is 16.4. The Bertz CT molecular complexity index is 182. The quantitative estimate of drug-likeness (QED) is 0.725. The van der Waals surface area contributed by atoms with Crippen LogP contribution >= 0.6 is 0 Å². The molecule has 0 spiro atoms. The van der Waals surface area contributed by atoms with Gasteiger partial charge in [-0.1, -0.05) is 0 Å². The Balaban J connectivity index is 2.25. The number of rotatable bonds is 3. The minimum absolute atomic E-state index is 0.334. The molecule has 0 bridgehead atoms. The van der Waals surface area contributed by atoms with Crippen molar-refractivity contribution in [1.29, 1.82) is 0 Å². The Morgan fingerprint density at radius 2 is 2.31 bits per heavy atom.